The molecule has 1 atom stereocenters. The van der Waals surface area contributed by atoms with Gasteiger partial charge in [0.2, 0.25) is 11.0 Å². The van der Waals surface area contributed by atoms with E-state index in [2.05, 4.69) is 27.8 Å². The number of benzene rings is 1. The first-order valence-electron chi connectivity index (χ1n) is 7.65. The number of nitrogens with zero attached hydrogens (tertiary/aromatic N) is 2. The lowest BCUT2D eigenvalue weighted by molar-refractivity contribution is -0.120. The van der Waals surface area contributed by atoms with Crippen LogP contribution in [0, 0.1) is 6.92 Å². The predicted molar refractivity (Wildman–Crippen MR) is 97.0 cm³/mol. The first kappa shape index (κ1) is 17.7. The van der Waals surface area contributed by atoms with Crippen molar-refractivity contribution in [3.8, 4) is 0 Å². The molecule has 7 heteroatoms. The number of carbonyl (C=O) groups is 1. The SMILES string of the molecule is CCCNc1nnc(S[C@H](C)C(=O)NCc2ccc(C)cc2)s1. The van der Waals surface area contributed by atoms with Gasteiger partial charge in [-0.05, 0) is 25.8 Å². The van der Waals surface area contributed by atoms with E-state index in [-0.39, 0.29) is 11.2 Å². The van der Waals surface area contributed by atoms with E-state index in [1.807, 2.05) is 38.1 Å². The second-order valence-electron chi connectivity index (χ2n) is 5.26. The topological polar surface area (TPSA) is 66.9 Å². The van der Waals surface area contributed by atoms with Crippen molar-refractivity contribution in [2.75, 3.05) is 11.9 Å². The molecule has 0 aliphatic carbocycles. The normalized spacial score (nSPS) is 12.0. The zero-order valence-corrected chi connectivity index (χ0v) is 15.3. The fourth-order valence-corrected chi connectivity index (χ4v) is 3.75. The molecule has 0 fully saturated rings. The third kappa shape index (κ3) is 5.84. The van der Waals surface area contributed by atoms with Crippen molar-refractivity contribution in [3.63, 3.8) is 0 Å². The van der Waals surface area contributed by atoms with Crippen LogP contribution in [0.4, 0.5) is 5.13 Å². The van der Waals surface area contributed by atoms with Gasteiger partial charge in [-0.25, -0.2) is 0 Å². The highest BCUT2D eigenvalue weighted by Crippen LogP contribution is 2.28. The van der Waals surface area contributed by atoms with Gasteiger partial charge in [-0.2, -0.15) is 0 Å². The standard InChI is InChI=1S/C16H22N4OS2/c1-4-9-17-15-19-20-16(23-15)22-12(3)14(21)18-10-13-7-5-11(2)6-8-13/h5-8,12H,4,9-10H2,1-3H3,(H,17,19)(H,18,21)/t12-/m1/s1. The highest BCUT2D eigenvalue weighted by atomic mass is 32.2. The van der Waals surface area contributed by atoms with Crippen molar-refractivity contribution in [2.45, 2.75) is 43.3 Å². The minimum absolute atomic E-state index is 0.00819. The fraction of sp³-hybridized carbons (Fsp3) is 0.438. The number of aromatic nitrogens is 2. The number of rotatable bonds is 8. The van der Waals surface area contributed by atoms with Gasteiger partial charge >= 0.3 is 0 Å². The summed E-state index contributed by atoms with van der Waals surface area (Å²) in [5, 5.41) is 14.9. The van der Waals surface area contributed by atoms with Crippen LogP contribution in [-0.4, -0.2) is 27.9 Å². The first-order chi connectivity index (χ1) is 11.1. The van der Waals surface area contributed by atoms with Crippen LogP contribution in [0.25, 0.3) is 0 Å². The summed E-state index contributed by atoms with van der Waals surface area (Å²) >= 11 is 2.92. The van der Waals surface area contributed by atoms with Gasteiger partial charge in [-0.3, -0.25) is 4.79 Å². The van der Waals surface area contributed by atoms with Crippen LogP contribution in [-0.2, 0) is 11.3 Å². The van der Waals surface area contributed by atoms with Gasteiger partial charge in [0.25, 0.3) is 0 Å². The number of thioether (sulfide) groups is 1. The molecule has 1 aromatic heterocycles. The van der Waals surface area contributed by atoms with E-state index >= 15 is 0 Å². The molecular weight excluding hydrogens is 328 g/mol. The molecule has 0 radical (unpaired) electrons. The monoisotopic (exact) mass is 350 g/mol. The molecule has 0 aliphatic heterocycles. The molecule has 124 valence electrons. The average molecular weight is 351 g/mol. The highest BCUT2D eigenvalue weighted by molar-refractivity contribution is 8.02. The quantitative estimate of drug-likeness (QED) is 0.714. The Hall–Kier alpha value is -1.60. The van der Waals surface area contributed by atoms with E-state index in [4.69, 9.17) is 0 Å². The molecule has 1 amide bonds. The molecule has 0 spiro atoms. The molecule has 2 aromatic rings. The number of nitrogens with one attached hydrogen (secondary N) is 2. The van der Waals surface area contributed by atoms with Crippen molar-refractivity contribution in [3.05, 3.63) is 35.4 Å². The Kier molecular flexibility index (Phi) is 6.85. The van der Waals surface area contributed by atoms with E-state index < -0.39 is 0 Å². The Morgan fingerprint density at radius 3 is 2.74 bits per heavy atom. The van der Waals surface area contributed by atoms with Crippen molar-refractivity contribution in [1.29, 1.82) is 0 Å². The van der Waals surface area contributed by atoms with Crippen molar-refractivity contribution < 1.29 is 4.79 Å². The largest absolute Gasteiger partial charge is 0.360 e. The van der Waals surface area contributed by atoms with Crippen molar-refractivity contribution >= 4 is 34.1 Å². The number of amides is 1. The molecule has 0 saturated carbocycles. The summed E-state index contributed by atoms with van der Waals surface area (Å²) in [5.74, 6) is 0.00819. The summed E-state index contributed by atoms with van der Waals surface area (Å²) in [4.78, 5) is 12.2. The average Bonchev–Trinajstić information content (AvgIpc) is 2.99. The Morgan fingerprint density at radius 2 is 2.04 bits per heavy atom. The number of hydrogen-bond acceptors (Lipinski definition) is 6. The zero-order valence-electron chi connectivity index (χ0n) is 13.6. The lowest BCUT2D eigenvalue weighted by Gasteiger charge is -2.10. The lowest BCUT2D eigenvalue weighted by atomic mass is 10.1. The van der Waals surface area contributed by atoms with Gasteiger partial charge in [0, 0.05) is 13.1 Å². The van der Waals surface area contributed by atoms with Gasteiger partial charge in [-0.15, -0.1) is 10.2 Å². The van der Waals surface area contributed by atoms with Gasteiger partial charge in [0.05, 0.1) is 5.25 Å². The predicted octanol–water partition coefficient (Wildman–Crippen LogP) is 3.47. The Balaban J connectivity index is 1.80. The summed E-state index contributed by atoms with van der Waals surface area (Å²) in [7, 11) is 0. The van der Waals surface area contributed by atoms with Crippen LogP contribution < -0.4 is 10.6 Å². The minimum atomic E-state index is -0.201. The summed E-state index contributed by atoms with van der Waals surface area (Å²) in [5.41, 5.74) is 2.32. The van der Waals surface area contributed by atoms with Crippen LogP contribution in [0.2, 0.25) is 0 Å². The summed E-state index contributed by atoms with van der Waals surface area (Å²) in [6.45, 7) is 7.46. The summed E-state index contributed by atoms with van der Waals surface area (Å²) < 4.78 is 0.807. The second-order valence-corrected chi connectivity index (χ2v) is 7.83. The van der Waals surface area contributed by atoms with Crippen LogP contribution in [0.15, 0.2) is 28.6 Å². The number of carbonyl (C=O) groups excluding carboxylic acids is 1. The first-order valence-corrected chi connectivity index (χ1v) is 9.35. The molecule has 23 heavy (non-hydrogen) atoms. The Morgan fingerprint density at radius 1 is 1.30 bits per heavy atom. The molecule has 2 rings (SSSR count). The molecule has 0 aliphatic rings. The van der Waals surface area contributed by atoms with E-state index in [9.17, 15) is 4.79 Å². The van der Waals surface area contributed by atoms with Crippen LogP contribution >= 0.6 is 23.1 Å². The molecule has 2 N–H and O–H groups in total. The molecule has 5 nitrogen and oxygen atoms in total. The van der Waals surface area contributed by atoms with E-state index in [1.165, 1.54) is 28.7 Å². The third-order valence-electron chi connectivity index (χ3n) is 3.17. The van der Waals surface area contributed by atoms with E-state index in [0.717, 1.165) is 28.0 Å². The molecule has 0 saturated heterocycles. The van der Waals surface area contributed by atoms with Gasteiger partial charge in [-0.1, -0.05) is 59.9 Å². The summed E-state index contributed by atoms with van der Waals surface area (Å²) in [6, 6.07) is 8.16. The summed E-state index contributed by atoms with van der Waals surface area (Å²) in [6.07, 6.45) is 1.04. The van der Waals surface area contributed by atoms with E-state index in [0.29, 0.717) is 6.54 Å². The van der Waals surface area contributed by atoms with Crippen LogP contribution in [0.3, 0.4) is 0 Å². The smallest absolute Gasteiger partial charge is 0.233 e. The molecular formula is C16H22N4OS2. The number of aryl methyl sites for hydroxylation is 1. The second kappa shape index (κ2) is 8.88. The van der Waals surface area contributed by atoms with Crippen molar-refractivity contribution in [1.82, 2.24) is 15.5 Å². The lowest BCUT2D eigenvalue weighted by Crippen LogP contribution is -2.30. The number of hydrogen-bond donors (Lipinski definition) is 2. The fourth-order valence-electron chi connectivity index (χ4n) is 1.80. The molecule has 0 unspecified atom stereocenters. The number of anilines is 1. The molecule has 1 aromatic carbocycles. The maximum Gasteiger partial charge on any atom is 0.233 e. The maximum absolute atomic E-state index is 12.2. The van der Waals surface area contributed by atoms with Crippen LogP contribution in [0.1, 0.15) is 31.4 Å². The van der Waals surface area contributed by atoms with Crippen molar-refractivity contribution in [2.24, 2.45) is 0 Å². The molecule has 0 bridgehead atoms. The maximum atomic E-state index is 12.2. The Bertz CT molecular complexity index is 627. The van der Waals surface area contributed by atoms with Gasteiger partial charge in [0.1, 0.15) is 0 Å². The zero-order chi connectivity index (χ0) is 16.7. The van der Waals surface area contributed by atoms with E-state index in [1.54, 1.807) is 0 Å². The van der Waals surface area contributed by atoms with Gasteiger partial charge in [0.15, 0.2) is 4.34 Å². The Labute approximate surface area is 145 Å². The molecule has 1 heterocycles. The minimum Gasteiger partial charge on any atom is -0.360 e. The highest BCUT2D eigenvalue weighted by Gasteiger charge is 2.16. The van der Waals surface area contributed by atoms with Gasteiger partial charge < -0.3 is 10.6 Å². The third-order valence-corrected chi connectivity index (χ3v) is 5.23. The van der Waals surface area contributed by atoms with Crippen LogP contribution in [0.5, 0.6) is 0 Å².